The summed E-state index contributed by atoms with van der Waals surface area (Å²) in [7, 11) is -3.62. The minimum atomic E-state index is -3.62. The lowest BCUT2D eigenvalue weighted by Crippen LogP contribution is -2.29. The molecule has 1 heterocycles. The van der Waals surface area contributed by atoms with Gasteiger partial charge in [0.25, 0.3) is 0 Å². The van der Waals surface area contributed by atoms with Crippen molar-refractivity contribution in [2.75, 3.05) is 10.6 Å². The van der Waals surface area contributed by atoms with E-state index < -0.39 is 15.8 Å². The fraction of sp³-hybridized carbons (Fsp3) is 0.176. The van der Waals surface area contributed by atoms with Crippen LogP contribution < -0.4 is 4.31 Å². The van der Waals surface area contributed by atoms with E-state index in [1.165, 1.54) is 12.1 Å². The highest BCUT2D eigenvalue weighted by molar-refractivity contribution is 7.92. The third-order valence-corrected chi connectivity index (χ3v) is 5.05. The van der Waals surface area contributed by atoms with Crippen LogP contribution in [-0.4, -0.2) is 24.9 Å². The molecular formula is C17H15ClFN3O3S. The number of aryl methyl sites for hydroxylation is 1. The molecule has 6 nitrogen and oxygen atoms in total. The molecular weight excluding hydrogens is 381 g/mol. The molecule has 0 bridgehead atoms. The van der Waals surface area contributed by atoms with Gasteiger partial charge in [0.2, 0.25) is 21.8 Å². The molecule has 0 saturated carbocycles. The van der Waals surface area contributed by atoms with Gasteiger partial charge in [0.1, 0.15) is 5.82 Å². The molecule has 0 saturated heterocycles. The Morgan fingerprint density at radius 1 is 1.15 bits per heavy atom. The van der Waals surface area contributed by atoms with Crippen molar-refractivity contribution in [3.8, 4) is 11.5 Å². The Labute approximate surface area is 155 Å². The minimum Gasteiger partial charge on any atom is -0.421 e. The molecule has 0 unspecified atom stereocenters. The van der Waals surface area contributed by atoms with Crippen LogP contribution in [-0.2, 0) is 16.6 Å². The molecule has 0 aliphatic heterocycles. The highest BCUT2D eigenvalue weighted by atomic mass is 35.5. The number of sulfonamides is 1. The maximum absolute atomic E-state index is 14.5. The first-order valence-corrected chi connectivity index (χ1v) is 9.79. The molecule has 3 rings (SSSR count). The Morgan fingerprint density at radius 3 is 2.38 bits per heavy atom. The van der Waals surface area contributed by atoms with Crippen LogP contribution in [0.2, 0.25) is 5.02 Å². The van der Waals surface area contributed by atoms with E-state index in [1.807, 2.05) is 0 Å². The highest BCUT2D eigenvalue weighted by Crippen LogP contribution is 2.26. The van der Waals surface area contributed by atoms with Gasteiger partial charge in [-0.2, -0.15) is 0 Å². The molecule has 0 spiro atoms. The van der Waals surface area contributed by atoms with Gasteiger partial charge in [0.15, 0.2) is 0 Å². The Bertz CT molecular complexity index is 1040. The number of hydrogen-bond acceptors (Lipinski definition) is 5. The van der Waals surface area contributed by atoms with Gasteiger partial charge in [-0.3, -0.25) is 4.31 Å². The Hall–Kier alpha value is -2.45. The number of nitrogens with zero attached hydrogens (tertiary/aromatic N) is 3. The van der Waals surface area contributed by atoms with Crippen molar-refractivity contribution < 1.29 is 17.2 Å². The summed E-state index contributed by atoms with van der Waals surface area (Å²) >= 11 is 5.85. The van der Waals surface area contributed by atoms with E-state index in [-0.39, 0.29) is 18.0 Å². The largest absolute Gasteiger partial charge is 0.421 e. The van der Waals surface area contributed by atoms with E-state index in [9.17, 15) is 12.8 Å². The fourth-order valence-electron chi connectivity index (χ4n) is 2.38. The monoisotopic (exact) mass is 395 g/mol. The normalized spacial score (nSPS) is 11.5. The molecule has 0 fully saturated rings. The molecule has 0 aliphatic rings. The van der Waals surface area contributed by atoms with Gasteiger partial charge in [0, 0.05) is 23.1 Å². The van der Waals surface area contributed by atoms with Gasteiger partial charge in [-0.1, -0.05) is 17.7 Å². The number of benzene rings is 2. The molecule has 0 N–H and O–H groups in total. The number of rotatable bonds is 5. The van der Waals surface area contributed by atoms with Gasteiger partial charge >= 0.3 is 0 Å². The van der Waals surface area contributed by atoms with Gasteiger partial charge in [-0.05, 0) is 36.4 Å². The van der Waals surface area contributed by atoms with Crippen LogP contribution in [0.15, 0.2) is 46.9 Å². The van der Waals surface area contributed by atoms with Crippen LogP contribution in [0.3, 0.4) is 0 Å². The highest BCUT2D eigenvalue weighted by Gasteiger charge is 2.20. The van der Waals surface area contributed by atoms with E-state index in [0.29, 0.717) is 22.2 Å². The molecule has 2 aromatic carbocycles. The molecule has 1 aromatic heterocycles. The maximum atomic E-state index is 14.5. The van der Waals surface area contributed by atoms with E-state index >= 15 is 0 Å². The first-order valence-electron chi connectivity index (χ1n) is 7.56. The second kappa shape index (κ2) is 7.05. The lowest BCUT2D eigenvalue weighted by molar-refractivity contribution is 0.531. The first kappa shape index (κ1) is 18.3. The summed E-state index contributed by atoms with van der Waals surface area (Å²) in [5.74, 6) is 0.00191. The first-order chi connectivity index (χ1) is 12.2. The van der Waals surface area contributed by atoms with Crippen molar-refractivity contribution in [3.63, 3.8) is 0 Å². The second-order valence-electron chi connectivity index (χ2n) is 5.68. The fourth-order valence-corrected chi connectivity index (χ4v) is 3.39. The molecule has 0 aliphatic carbocycles. The molecule has 9 heteroatoms. The summed E-state index contributed by atoms with van der Waals surface area (Å²) in [6, 6.07) is 10.6. The quantitative estimate of drug-likeness (QED) is 0.656. The van der Waals surface area contributed by atoms with Gasteiger partial charge in [-0.25, -0.2) is 12.8 Å². The van der Waals surface area contributed by atoms with Crippen molar-refractivity contribution in [2.24, 2.45) is 0 Å². The summed E-state index contributed by atoms with van der Waals surface area (Å²) in [5, 5.41) is 8.03. The molecule has 0 atom stereocenters. The van der Waals surface area contributed by atoms with E-state index in [4.69, 9.17) is 16.0 Å². The molecule has 136 valence electrons. The van der Waals surface area contributed by atoms with E-state index in [2.05, 4.69) is 10.2 Å². The molecule has 0 amide bonds. The summed E-state index contributed by atoms with van der Waals surface area (Å²) in [4.78, 5) is 0. The average Bonchev–Trinajstić information content (AvgIpc) is 3.00. The Kier molecular flexibility index (Phi) is 4.97. The summed E-state index contributed by atoms with van der Waals surface area (Å²) in [6.45, 7) is 1.48. The van der Waals surface area contributed by atoms with Crippen molar-refractivity contribution in [3.05, 3.63) is 64.8 Å². The van der Waals surface area contributed by atoms with E-state index in [0.717, 1.165) is 10.6 Å². The topological polar surface area (TPSA) is 76.3 Å². The van der Waals surface area contributed by atoms with Crippen molar-refractivity contribution in [1.82, 2.24) is 10.2 Å². The molecule has 3 aromatic rings. The van der Waals surface area contributed by atoms with Gasteiger partial charge in [0.05, 0.1) is 18.5 Å². The van der Waals surface area contributed by atoms with Crippen molar-refractivity contribution in [2.45, 2.75) is 13.5 Å². The van der Waals surface area contributed by atoms with Gasteiger partial charge < -0.3 is 4.42 Å². The van der Waals surface area contributed by atoms with Crippen molar-refractivity contribution in [1.29, 1.82) is 0 Å². The second-order valence-corrected chi connectivity index (χ2v) is 8.02. The number of halogens is 2. The number of hydrogen-bond donors (Lipinski definition) is 0. The maximum Gasteiger partial charge on any atom is 0.247 e. The molecule has 0 radical (unpaired) electrons. The predicted molar refractivity (Wildman–Crippen MR) is 96.9 cm³/mol. The third kappa shape index (κ3) is 4.03. The number of aromatic nitrogens is 2. The van der Waals surface area contributed by atoms with Crippen LogP contribution >= 0.6 is 11.6 Å². The molecule has 26 heavy (non-hydrogen) atoms. The Balaban J connectivity index is 1.93. The lowest BCUT2D eigenvalue weighted by atomic mass is 10.1. The summed E-state index contributed by atoms with van der Waals surface area (Å²) < 4.78 is 45.2. The zero-order valence-electron chi connectivity index (χ0n) is 14.0. The SMILES string of the molecule is Cc1nnc(-c2ccc(CN(c3ccc(Cl)cc3)S(C)(=O)=O)c(F)c2)o1. The van der Waals surface area contributed by atoms with Crippen LogP contribution in [0.4, 0.5) is 10.1 Å². The van der Waals surface area contributed by atoms with Crippen LogP contribution in [0.1, 0.15) is 11.5 Å². The van der Waals surface area contributed by atoms with Crippen LogP contribution in [0, 0.1) is 12.7 Å². The third-order valence-electron chi connectivity index (χ3n) is 3.65. The van der Waals surface area contributed by atoms with Crippen LogP contribution in [0.25, 0.3) is 11.5 Å². The summed E-state index contributed by atoms with van der Waals surface area (Å²) in [5.41, 5.74) is 1.03. The van der Waals surface area contributed by atoms with Crippen LogP contribution in [0.5, 0.6) is 0 Å². The smallest absolute Gasteiger partial charge is 0.247 e. The Morgan fingerprint density at radius 2 is 1.85 bits per heavy atom. The predicted octanol–water partition coefficient (Wildman–Crippen LogP) is 3.80. The summed E-state index contributed by atoms with van der Waals surface area (Å²) in [6.07, 6.45) is 1.06. The zero-order chi connectivity index (χ0) is 18.9. The van der Waals surface area contributed by atoms with Crippen molar-refractivity contribution >= 4 is 27.3 Å². The number of anilines is 1. The standard InChI is InChI=1S/C17H15ClFN3O3S/c1-11-20-21-17(25-11)12-3-4-13(16(19)9-12)10-22(26(2,23)24)15-7-5-14(18)6-8-15/h3-9H,10H2,1-2H3. The van der Waals surface area contributed by atoms with E-state index in [1.54, 1.807) is 37.3 Å². The average molecular weight is 396 g/mol. The lowest BCUT2D eigenvalue weighted by Gasteiger charge is -2.23. The van der Waals surface area contributed by atoms with Gasteiger partial charge in [-0.15, -0.1) is 10.2 Å². The zero-order valence-corrected chi connectivity index (χ0v) is 15.6. The minimum absolute atomic E-state index is 0.157.